The smallest absolute Gasteiger partial charge is 0.203 e. The minimum Gasteiger partial charge on any atom is -0.304 e. The van der Waals surface area contributed by atoms with Gasteiger partial charge in [-0.05, 0) is 18.8 Å². The lowest BCUT2D eigenvalue weighted by Gasteiger charge is -2.16. The summed E-state index contributed by atoms with van der Waals surface area (Å²) in [6.07, 6.45) is 2.35. The molecule has 0 aromatic rings. The molecule has 1 aliphatic carbocycles. The van der Waals surface area contributed by atoms with Crippen LogP contribution in [0, 0.1) is 5.92 Å². The monoisotopic (exact) mass is 173 g/mol. The van der Waals surface area contributed by atoms with Gasteiger partial charge in [-0.15, -0.1) is 12.6 Å². The normalized spacial score (nSPS) is 20.4. The van der Waals surface area contributed by atoms with E-state index >= 15 is 0 Å². The van der Waals surface area contributed by atoms with Gasteiger partial charge in [-0.3, -0.25) is 4.79 Å². The summed E-state index contributed by atoms with van der Waals surface area (Å²) in [4.78, 5) is 11.0. The molecular formula is C8H15NOS. The minimum atomic E-state index is -0.0128. The van der Waals surface area contributed by atoms with E-state index in [4.69, 9.17) is 0 Å². The van der Waals surface area contributed by atoms with Crippen molar-refractivity contribution in [3.05, 3.63) is 0 Å². The lowest BCUT2D eigenvalue weighted by atomic mass is 10.2. The van der Waals surface area contributed by atoms with Crippen LogP contribution in [-0.2, 0) is 4.79 Å². The van der Waals surface area contributed by atoms with Gasteiger partial charge in [0.15, 0.2) is 0 Å². The lowest BCUT2D eigenvalue weighted by Crippen LogP contribution is -2.40. The fourth-order valence-electron chi connectivity index (χ4n) is 1.20. The first-order chi connectivity index (χ1) is 5.11. The molecular weight excluding hydrogens is 158 g/mol. The molecule has 0 aromatic carbocycles. The zero-order valence-corrected chi connectivity index (χ0v) is 7.90. The molecule has 1 N–H and O–H groups in total. The Labute approximate surface area is 73.2 Å². The molecule has 1 saturated carbocycles. The van der Waals surface area contributed by atoms with Gasteiger partial charge in [0.05, 0.1) is 6.04 Å². The third kappa shape index (κ3) is 2.83. The van der Waals surface area contributed by atoms with Crippen molar-refractivity contribution in [2.75, 3.05) is 0 Å². The van der Waals surface area contributed by atoms with Crippen LogP contribution >= 0.6 is 12.6 Å². The number of carbonyl (C=O) groups excluding carboxylic acids is 1. The molecule has 64 valence electrons. The molecule has 1 aliphatic rings. The Bertz CT molecular complexity index is 154. The molecule has 0 aromatic heterocycles. The third-order valence-electron chi connectivity index (χ3n) is 1.87. The maximum Gasteiger partial charge on any atom is 0.203 e. The number of carbonyl (C=O) groups is 1. The van der Waals surface area contributed by atoms with Gasteiger partial charge < -0.3 is 5.32 Å². The molecule has 0 spiro atoms. The van der Waals surface area contributed by atoms with Gasteiger partial charge in [-0.25, -0.2) is 0 Å². The molecule has 0 saturated heterocycles. The number of thiol groups is 1. The zero-order chi connectivity index (χ0) is 8.43. The van der Waals surface area contributed by atoms with Crippen LogP contribution in [0.4, 0.5) is 0 Å². The topological polar surface area (TPSA) is 29.1 Å². The highest BCUT2D eigenvalue weighted by molar-refractivity contribution is 7.96. The van der Waals surface area contributed by atoms with E-state index in [1.165, 1.54) is 12.8 Å². The molecule has 0 heterocycles. The summed E-state index contributed by atoms with van der Waals surface area (Å²) in [7, 11) is 0. The maximum atomic E-state index is 11.0. The second-order valence-corrected chi connectivity index (χ2v) is 3.92. The van der Waals surface area contributed by atoms with Gasteiger partial charge in [-0.1, -0.05) is 13.8 Å². The van der Waals surface area contributed by atoms with E-state index in [0.717, 1.165) is 0 Å². The minimum absolute atomic E-state index is 0.00154. The third-order valence-corrected chi connectivity index (χ3v) is 2.15. The average Bonchev–Trinajstić information content (AvgIpc) is 2.63. The van der Waals surface area contributed by atoms with Gasteiger partial charge in [0, 0.05) is 6.04 Å². The lowest BCUT2D eigenvalue weighted by molar-refractivity contribution is -0.113. The number of rotatable bonds is 4. The van der Waals surface area contributed by atoms with Crippen molar-refractivity contribution in [3.8, 4) is 0 Å². The van der Waals surface area contributed by atoms with Gasteiger partial charge in [0.25, 0.3) is 0 Å². The van der Waals surface area contributed by atoms with Crippen LogP contribution in [0.5, 0.6) is 0 Å². The predicted octanol–water partition coefficient (Wildman–Crippen LogP) is 1.22. The Hall–Kier alpha value is -0.0200. The molecule has 2 nitrogen and oxygen atoms in total. The summed E-state index contributed by atoms with van der Waals surface area (Å²) in [5.74, 6) is 0.558. The standard InChI is InChI=1S/C8H15NOS/c1-5(2)9-7(8(10)11)6-3-4-6/h5-7,9H,3-4H2,1-2H3,(H,10,11)/t7-/m0/s1. The second kappa shape index (κ2) is 3.59. The molecule has 0 amide bonds. The van der Waals surface area contributed by atoms with Crippen LogP contribution in [0.15, 0.2) is 0 Å². The van der Waals surface area contributed by atoms with Crippen LogP contribution in [0.3, 0.4) is 0 Å². The van der Waals surface area contributed by atoms with Gasteiger partial charge in [0.2, 0.25) is 5.12 Å². The molecule has 3 heteroatoms. The Kier molecular flexibility index (Phi) is 2.96. The highest BCUT2D eigenvalue weighted by Gasteiger charge is 2.34. The first-order valence-electron chi connectivity index (χ1n) is 4.10. The van der Waals surface area contributed by atoms with E-state index in [1.807, 2.05) is 13.8 Å². The first-order valence-corrected chi connectivity index (χ1v) is 4.55. The maximum absolute atomic E-state index is 11.0. The van der Waals surface area contributed by atoms with Crippen molar-refractivity contribution in [1.29, 1.82) is 0 Å². The van der Waals surface area contributed by atoms with E-state index in [-0.39, 0.29) is 11.2 Å². The Morgan fingerprint density at radius 2 is 2.09 bits per heavy atom. The fraction of sp³-hybridized carbons (Fsp3) is 0.875. The van der Waals surface area contributed by atoms with E-state index < -0.39 is 0 Å². The molecule has 11 heavy (non-hydrogen) atoms. The van der Waals surface area contributed by atoms with E-state index in [9.17, 15) is 4.79 Å². The highest BCUT2D eigenvalue weighted by atomic mass is 32.1. The van der Waals surface area contributed by atoms with Crippen molar-refractivity contribution < 1.29 is 4.79 Å². The van der Waals surface area contributed by atoms with Crippen molar-refractivity contribution in [1.82, 2.24) is 5.32 Å². The van der Waals surface area contributed by atoms with E-state index in [1.54, 1.807) is 0 Å². The largest absolute Gasteiger partial charge is 0.304 e. The van der Waals surface area contributed by atoms with Gasteiger partial charge >= 0.3 is 0 Å². The summed E-state index contributed by atoms with van der Waals surface area (Å²) in [5, 5.41) is 3.20. The molecule has 1 rings (SSSR count). The van der Waals surface area contributed by atoms with Crippen molar-refractivity contribution >= 4 is 17.7 Å². The van der Waals surface area contributed by atoms with Gasteiger partial charge in [-0.2, -0.15) is 0 Å². The van der Waals surface area contributed by atoms with Crippen LogP contribution in [0.25, 0.3) is 0 Å². The Balaban J connectivity index is 2.38. The summed E-state index contributed by atoms with van der Waals surface area (Å²) in [5.41, 5.74) is 0. The average molecular weight is 173 g/mol. The SMILES string of the molecule is CC(C)N[C@H](C(=O)S)C1CC1. The van der Waals surface area contributed by atoms with E-state index in [0.29, 0.717) is 12.0 Å². The predicted molar refractivity (Wildman–Crippen MR) is 48.8 cm³/mol. The second-order valence-electron chi connectivity index (χ2n) is 3.47. The van der Waals surface area contributed by atoms with Crippen LogP contribution < -0.4 is 5.32 Å². The molecule has 0 bridgehead atoms. The molecule has 1 fully saturated rings. The van der Waals surface area contributed by atoms with E-state index in [2.05, 4.69) is 17.9 Å². The van der Waals surface area contributed by atoms with Crippen molar-refractivity contribution in [2.45, 2.75) is 38.8 Å². The Morgan fingerprint density at radius 3 is 2.36 bits per heavy atom. The zero-order valence-electron chi connectivity index (χ0n) is 7.00. The van der Waals surface area contributed by atoms with Crippen molar-refractivity contribution in [2.24, 2.45) is 5.92 Å². The summed E-state index contributed by atoms with van der Waals surface area (Å²) in [6, 6.07) is 0.370. The Morgan fingerprint density at radius 1 is 1.55 bits per heavy atom. The number of nitrogens with one attached hydrogen (secondary N) is 1. The molecule has 0 radical (unpaired) electrons. The highest BCUT2D eigenvalue weighted by Crippen LogP contribution is 2.33. The number of hydrogen-bond donors (Lipinski definition) is 2. The van der Waals surface area contributed by atoms with Crippen LogP contribution in [0.1, 0.15) is 26.7 Å². The summed E-state index contributed by atoms with van der Waals surface area (Å²) >= 11 is 3.85. The molecule has 1 atom stereocenters. The first kappa shape index (κ1) is 9.07. The summed E-state index contributed by atoms with van der Waals surface area (Å²) < 4.78 is 0. The quantitative estimate of drug-likeness (QED) is 0.626. The molecule has 0 aliphatic heterocycles. The van der Waals surface area contributed by atoms with Crippen molar-refractivity contribution in [3.63, 3.8) is 0 Å². The summed E-state index contributed by atoms with van der Waals surface area (Å²) in [6.45, 7) is 4.10. The number of hydrogen-bond acceptors (Lipinski definition) is 2. The fourth-order valence-corrected chi connectivity index (χ4v) is 1.48. The van der Waals surface area contributed by atoms with Crippen LogP contribution in [-0.4, -0.2) is 17.2 Å². The molecule has 0 unspecified atom stereocenters. The van der Waals surface area contributed by atoms with Crippen LogP contribution in [0.2, 0.25) is 0 Å². The van der Waals surface area contributed by atoms with Gasteiger partial charge in [0.1, 0.15) is 0 Å².